The first-order valence-electron chi connectivity index (χ1n) is 7.56. The average Bonchev–Trinajstić information content (AvgIpc) is 2.65. The molecule has 0 aliphatic heterocycles. The van der Waals surface area contributed by atoms with Crippen LogP contribution in [-0.2, 0) is 0 Å². The van der Waals surface area contributed by atoms with Crippen molar-refractivity contribution < 1.29 is 0 Å². The molecule has 0 fully saturated rings. The quantitative estimate of drug-likeness (QED) is 0.470. The number of aromatic nitrogens is 4. The molecule has 5 nitrogen and oxygen atoms in total. The number of hydrogen-bond acceptors (Lipinski definition) is 5. The van der Waals surface area contributed by atoms with Gasteiger partial charge in [-0.2, -0.15) is 10.2 Å². The van der Waals surface area contributed by atoms with Gasteiger partial charge in [-0.3, -0.25) is 0 Å². The normalized spacial score (nSPS) is 10.9. The van der Waals surface area contributed by atoms with Gasteiger partial charge in [0, 0.05) is 21.7 Å². The zero-order valence-electron chi connectivity index (χ0n) is 13.1. The fourth-order valence-electron chi connectivity index (χ4n) is 2.46. The number of benzene rings is 2. The Labute approximate surface area is 164 Å². The van der Waals surface area contributed by atoms with Gasteiger partial charge in [-0.1, -0.05) is 34.8 Å². The van der Waals surface area contributed by atoms with Crippen molar-refractivity contribution in [1.29, 1.82) is 0 Å². The second kappa shape index (κ2) is 7.03. The third kappa shape index (κ3) is 3.42. The smallest absolute Gasteiger partial charge is 0.163 e. The summed E-state index contributed by atoms with van der Waals surface area (Å²) in [5, 5.41) is 13.3. The molecule has 2 aromatic carbocycles. The molecular formula is C18H10Cl3N5. The molecule has 0 bridgehead atoms. The molecule has 4 rings (SSSR count). The van der Waals surface area contributed by atoms with E-state index in [9.17, 15) is 0 Å². The van der Waals surface area contributed by atoms with Crippen LogP contribution in [0.2, 0.25) is 15.1 Å². The standard InChI is InChI=1S/C18H10Cl3N5/c19-11-1-3-13-16(7-11)25-17(10-5-6-22-23-9-10)26-18(13)24-12-2-4-14(20)15(21)8-12/h1-9H,(H,24,25,26). The van der Waals surface area contributed by atoms with E-state index in [2.05, 4.69) is 25.5 Å². The largest absolute Gasteiger partial charge is 0.340 e. The van der Waals surface area contributed by atoms with E-state index < -0.39 is 0 Å². The molecule has 4 aromatic rings. The Morgan fingerprint density at radius 3 is 2.46 bits per heavy atom. The maximum Gasteiger partial charge on any atom is 0.163 e. The minimum atomic E-state index is 0.455. The number of halogens is 3. The van der Waals surface area contributed by atoms with Crippen LogP contribution < -0.4 is 5.32 Å². The zero-order chi connectivity index (χ0) is 18.1. The number of nitrogens with zero attached hydrogens (tertiary/aromatic N) is 4. The minimum Gasteiger partial charge on any atom is -0.340 e. The Balaban J connectivity index is 1.87. The number of hydrogen-bond donors (Lipinski definition) is 1. The highest BCUT2D eigenvalue weighted by Gasteiger charge is 2.11. The van der Waals surface area contributed by atoms with Gasteiger partial charge in [-0.25, -0.2) is 9.97 Å². The third-order valence-electron chi connectivity index (χ3n) is 3.68. The van der Waals surface area contributed by atoms with Crippen LogP contribution in [0.15, 0.2) is 54.9 Å². The van der Waals surface area contributed by atoms with Crippen LogP contribution in [0.25, 0.3) is 22.3 Å². The molecule has 0 atom stereocenters. The lowest BCUT2D eigenvalue weighted by atomic mass is 10.2. The lowest BCUT2D eigenvalue weighted by Gasteiger charge is -2.12. The molecule has 8 heteroatoms. The third-order valence-corrected chi connectivity index (χ3v) is 4.66. The number of fused-ring (bicyclic) bond motifs is 1. The number of rotatable bonds is 3. The summed E-state index contributed by atoms with van der Waals surface area (Å²) in [5.41, 5.74) is 2.22. The lowest BCUT2D eigenvalue weighted by molar-refractivity contribution is 1.03. The lowest BCUT2D eigenvalue weighted by Crippen LogP contribution is -2.00. The monoisotopic (exact) mass is 401 g/mol. The van der Waals surface area contributed by atoms with Crippen LogP contribution in [0.5, 0.6) is 0 Å². The van der Waals surface area contributed by atoms with Gasteiger partial charge in [0.15, 0.2) is 5.82 Å². The number of nitrogens with one attached hydrogen (secondary N) is 1. The molecule has 0 spiro atoms. The van der Waals surface area contributed by atoms with Crippen molar-refractivity contribution in [2.75, 3.05) is 5.32 Å². The van der Waals surface area contributed by atoms with Gasteiger partial charge in [-0.15, -0.1) is 0 Å². The SMILES string of the molecule is Clc1ccc2c(Nc3ccc(Cl)c(Cl)c3)nc(-c3ccnnc3)nc2c1. The van der Waals surface area contributed by atoms with Crippen LogP contribution in [0.4, 0.5) is 11.5 Å². The topological polar surface area (TPSA) is 63.6 Å². The van der Waals surface area contributed by atoms with Gasteiger partial charge in [-0.05, 0) is 42.5 Å². The highest BCUT2D eigenvalue weighted by molar-refractivity contribution is 6.42. The van der Waals surface area contributed by atoms with E-state index in [1.165, 1.54) is 0 Å². The summed E-state index contributed by atoms with van der Waals surface area (Å²) >= 11 is 18.2. The highest BCUT2D eigenvalue weighted by atomic mass is 35.5. The maximum atomic E-state index is 6.13. The van der Waals surface area contributed by atoms with Gasteiger partial charge >= 0.3 is 0 Å². The Hall–Kier alpha value is -2.47. The minimum absolute atomic E-state index is 0.455. The fourth-order valence-corrected chi connectivity index (χ4v) is 2.93. The molecule has 26 heavy (non-hydrogen) atoms. The Kier molecular flexibility index (Phi) is 4.59. The summed E-state index contributed by atoms with van der Waals surface area (Å²) in [5.74, 6) is 1.13. The first-order valence-corrected chi connectivity index (χ1v) is 8.70. The van der Waals surface area contributed by atoms with Crippen LogP contribution in [0, 0.1) is 0 Å². The van der Waals surface area contributed by atoms with Crippen molar-refractivity contribution in [2.45, 2.75) is 0 Å². The van der Waals surface area contributed by atoms with E-state index in [-0.39, 0.29) is 0 Å². The first-order chi connectivity index (χ1) is 12.6. The molecule has 0 amide bonds. The van der Waals surface area contributed by atoms with Crippen molar-refractivity contribution in [3.63, 3.8) is 0 Å². The molecule has 0 aliphatic carbocycles. The molecular weight excluding hydrogens is 393 g/mol. The molecule has 2 aromatic heterocycles. The average molecular weight is 403 g/mol. The van der Waals surface area contributed by atoms with Crippen LogP contribution >= 0.6 is 34.8 Å². The summed E-state index contributed by atoms with van der Waals surface area (Å²) in [6.07, 6.45) is 3.20. The molecule has 0 aliphatic rings. The second-order valence-corrected chi connectivity index (χ2v) is 6.69. The van der Waals surface area contributed by atoms with Crippen LogP contribution in [0.3, 0.4) is 0 Å². The molecule has 2 heterocycles. The molecule has 0 unspecified atom stereocenters. The number of anilines is 2. The van der Waals surface area contributed by atoms with Gasteiger partial charge in [0.2, 0.25) is 0 Å². The van der Waals surface area contributed by atoms with Crippen LogP contribution in [0.1, 0.15) is 0 Å². The zero-order valence-corrected chi connectivity index (χ0v) is 15.4. The molecule has 0 radical (unpaired) electrons. The first kappa shape index (κ1) is 17.0. The highest BCUT2D eigenvalue weighted by Crippen LogP contribution is 2.31. The summed E-state index contributed by atoms with van der Waals surface area (Å²) in [7, 11) is 0. The Bertz CT molecular complexity index is 1100. The Morgan fingerprint density at radius 1 is 0.808 bits per heavy atom. The van der Waals surface area contributed by atoms with Crippen molar-refractivity contribution >= 4 is 57.2 Å². The molecule has 0 saturated carbocycles. The second-order valence-electron chi connectivity index (χ2n) is 5.44. The van der Waals surface area contributed by atoms with Crippen molar-refractivity contribution in [3.8, 4) is 11.4 Å². The van der Waals surface area contributed by atoms with E-state index in [0.717, 1.165) is 16.6 Å². The van der Waals surface area contributed by atoms with Crippen molar-refractivity contribution in [1.82, 2.24) is 20.2 Å². The van der Waals surface area contributed by atoms with E-state index in [0.29, 0.717) is 32.2 Å². The fraction of sp³-hybridized carbons (Fsp3) is 0. The molecule has 128 valence electrons. The van der Waals surface area contributed by atoms with E-state index in [1.807, 2.05) is 12.1 Å². The van der Waals surface area contributed by atoms with E-state index >= 15 is 0 Å². The van der Waals surface area contributed by atoms with E-state index in [1.54, 1.807) is 42.7 Å². The summed E-state index contributed by atoms with van der Waals surface area (Å²) in [6.45, 7) is 0. The molecule has 0 saturated heterocycles. The van der Waals surface area contributed by atoms with E-state index in [4.69, 9.17) is 34.8 Å². The predicted octanol–water partition coefficient (Wildman–Crippen LogP) is 5.79. The maximum absolute atomic E-state index is 6.13. The van der Waals surface area contributed by atoms with Crippen molar-refractivity contribution in [2.24, 2.45) is 0 Å². The summed E-state index contributed by atoms with van der Waals surface area (Å²) < 4.78 is 0. The van der Waals surface area contributed by atoms with Gasteiger partial charge in [0.05, 0.1) is 28.0 Å². The van der Waals surface area contributed by atoms with Gasteiger partial charge in [0.1, 0.15) is 5.82 Å². The van der Waals surface area contributed by atoms with Crippen LogP contribution in [-0.4, -0.2) is 20.2 Å². The van der Waals surface area contributed by atoms with Gasteiger partial charge < -0.3 is 5.32 Å². The summed E-state index contributed by atoms with van der Waals surface area (Å²) in [4.78, 5) is 9.23. The predicted molar refractivity (Wildman–Crippen MR) is 105 cm³/mol. The van der Waals surface area contributed by atoms with Gasteiger partial charge in [0.25, 0.3) is 0 Å². The summed E-state index contributed by atoms with van der Waals surface area (Å²) in [6, 6.07) is 12.5. The molecule has 1 N–H and O–H groups in total. The Morgan fingerprint density at radius 2 is 1.69 bits per heavy atom. The van der Waals surface area contributed by atoms with Crippen molar-refractivity contribution in [3.05, 3.63) is 69.9 Å².